The third-order valence-corrected chi connectivity index (χ3v) is 3.15. The maximum Gasteiger partial charge on any atom is 0.260 e. The molecular weight excluding hydrogens is 266 g/mol. The summed E-state index contributed by atoms with van der Waals surface area (Å²) in [6.45, 7) is 6.89. The number of aryl methyl sites for hydroxylation is 2. The van der Waals surface area contributed by atoms with Gasteiger partial charge in [-0.05, 0) is 39.0 Å². The van der Waals surface area contributed by atoms with Crippen molar-refractivity contribution in [3.63, 3.8) is 0 Å². The fraction of sp³-hybridized carbons (Fsp3) is 0.375. The molecule has 1 heterocycles. The van der Waals surface area contributed by atoms with E-state index in [-0.39, 0.29) is 5.91 Å². The van der Waals surface area contributed by atoms with Crippen LogP contribution in [0.1, 0.15) is 18.3 Å². The third-order valence-electron chi connectivity index (χ3n) is 3.15. The number of carbonyl (C=O) groups is 1. The molecule has 0 fully saturated rings. The first-order chi connectivity index (χ1) is 10.1. The van der Waals surface area contributed by atoms with Gasteiger partial charge in [0, 0.05) is 12.2 Å². The van der Waals surface area contributed by atoms with Gasteiger partial charge in [0.1, 0.15) is 5.75 Å². The smallest absolute Gasteiger partial charge is 0.260 e. The van der Waals surface area contributed by atoms with Crippen molar-refractivity contribution >= 4 is 5.91 Å². The van der Waals surface area contributed by atoms with E-state index in [1.54, 1.807) is 6.92 Å². The molecule has 0 aliphatic carbocycles. The lowest BCUT2D eigenvalue weighted by atomic mass is 10.3. The maximum absolute atomic E-state index is 12.0. The molecule has 2 rings (SSSR count). The van der Waals surface area contributed by atoms with Gasteiger partial charge in [-0.2, -0.15) is 5.10 Å². The number of nitrogens with one attached hydrogen (secondary N) is 1. The zero-order valence-corrected chi connectivity index (χ0v) is 12.7. The fourth-order valence-corrected chi connectivity index (χ4v) is 2.09. The lowest BCUT2D eigenvalue weighted by Gasteiger charge is -2.14. The topological polar surface area (TPSA) is 56.2 Å². The van der Waals surface area contributed by atoms with Gasteiger partial charge in [-0.25, -0.2) is 0 Å². The minimum Gasteiger partial charge on any atom is -0.481 e. The van der Waals surface area contributed by atoms with Crippen molar-refractivity contribution in [2.24, 2.45) is 0 Å². The van der Waals surface area contributed by atoms with Crippen LogP contribution in [0.15, 0.2) is 36.4 Å². The van der Waals surface area contributed by atoms with E-state index in [1.807, 2.05) is 54.9 Å². The van der Waals surface area contributed by atoms with Gasteiger partial charge in [-0.1, -0.05) is 18.2 Å². The van der Waals surface area contributed by atoms with Gasteiger partial charge < -0.3 is 10.1 Å². The lowest BCUT2D eigenvalue weighted by molar-refractivity contribution is -0.127. The largest absolute Gasteiger partial charge is 0.481 e. The summed E-state index contributed by atoms with van der Waals surface area (Å²) in [6.07, 6.45) is -0.521. The molecule has 1 aromatic carbocycles. The Bertz CT molecular complexity index is 593. The standard InChI is InChI=1S/C16H21N3O2/c1-12-11-13(2)19(18-12)10-9-17-16(20)14(3)21-15-7-5-4-6-8-15/h4-8,11,14H,9-10H2,1-3H3,(H,17,20)/t14-/m0/s1. The molecule has 0 aliphatic heterocycles. The molecule has 5 heteroatoms. The van der Waals surface area contributed by atoms with Crippen molar-refractivity contribution in [2.45, 2.75) is 33.4 Å². The second-order valence-corrected chi connectivity index (χ2v) is 5.01. The van der Waals surface area contributed by atoms with Crippen molar-refractivity contribution in [3.05, 3.63) is 47.8 Å². The number of hydrogen-bond acceptors (Lipinski definition) is 3. The van der Waals surface area contributed by atoms with E-state index in [2.05, 4.69) is 10.4 Å². The molecule has 112 valence electrons. The first-order valence-corrected chi connectivity index (χ1v) is 7.07. The van der Waals surface area contributed by atoms with Gasteiger partial charge >= 0.3 is 0 Å². The van der Waals surface area contributed by atoms with Crippen LogP contribution in [0.4, 0.5) is 0 Å². The summed E-state index contributed by atoms with van der Waals surface area (Å²) in [4.78, 5) is 12.0. The normalized spacial score (nSPS) is 12.0. The first kappa shape index (κ1) is 15.1. The zero-order chi connectivity index (χ0) is 15.2. The average molecular weight is 287 g/mol. The molecule has 1 atom stereocenters. The van der Waals surface area contributed by atoms with Gasteiger partial charge in [0.25, 0.3) is 5.91 Å². The molecule has 1 amide bonds. The Labute approximate surface area is 124 Å². The van der Waals surface area contributed by atoms with Crippen LogP contribution in [0.3, 0.4) is 0 Å². The van der Waals surface area contributed by atoms with Crippen LogP contribution in [0, 0.1) is 13.8 Å². The number of para-hydroxylation sites is 1. The van der Waals surface area contributed by atoms with E-state index in [9.17, 15) is 4.79 Å². The van der Waals surface area contributed by atoms with Crippen molar-refractivity contribution < 1.29 is 9.53 Å². The summed E-state index contributed by atoms with van der Waals surface area (Å²) in [5.74, 6) is 0.569. The molecule has 2 aromatic rings. The van der Waals surface area contributed by atoms with Gasteiger partial charge in [-0.3, -0.25) is 9.48 Å². The van der Waals surface area contributed by atoms with E-state index in [4.69, 9.17) is 4.74 Å². The van der Waals surface area contributed by atoms with Crippen molar-refractivity contribution in [2.75, 3.05) is 6.54 Å². The second kappa shape index (κ2) is 6.92. The van der Waals surface area contributed by atoms with Gasteiger partial charge in [0.15, 0.2) is 6.10 Å². The third kappa shape index (κ3) is 4.34. The minimum absolute atomic E-state index is 0.125. The van der Waals surface area contributed by atoms with Crippen molar-refractivity contribution in [1.29, 1.82) is 0 Å². The van der Waals surface area contributed by atoms with E-state index >= 15 is 0 Å². The average Bonchev–Trinajstić information content (AvgIpc) is 2.78. The summed E-state index contributed by atoms with van der Waals surface area (Å²) < 4.78 is 7.46. The maximum atomic E-state index is 12.0. The fourth-order valence-electron chi connectivity index (χ4n) is 2.09. The second-order valence-electron chi connectivity index (χ2n) is 5.01. The summed E-state index contributed by atoms with van der Waals surface area (Å²) in [5, 5.41) is 7.22. The highest BCUT2D eigenvalue weighted by molar-refractivity contribution is 5.80. The molecule has 1 aromatic heterocycles. The number of aromatic nitrogens is 2. The van der Waals surface area contributed by atoms with Crippen LogP contribution in [0.25, 0.3) is 0 Å². The predicted molar refractivity (Wildman–Crippen MR) is 81.2 cm³/mol. The Balaban J connectivity index is 1.77. The molecule has 5 nitrogen and oxygen atoms in total. The van der Waals surface area contributed by atoms with Crippen LogP contribution in [0.2, 0.25) is 0 Å². The van der Waals surface area contributed by atoms with Crippen LogP contribution >= 0.6 is 0 Å². The summed E-state index contributed by atoms with van der Waals surface area (Å²) >= 11 is 0. The van der Waals surface area contributed by atoms with Crippen LogP contribution < -0.4 is 10.1 Å². The van der Waals surface area contributed by atoms with Crippen LogP contribution in [-0.4, -0.2) is 28.3 Å². The molecule has 0 unspecified atom stereocenters. The van der Waals surface area contributed by atoms with E-state index in [1.165, 1.54) is 0 Å². The summed E-state index contributed by atoms with van der Waals surface area (Å²) in [5.41, 5.74) is 2.08. The Hall–Kier alpha value is -2.30. The summed E-state index contributed by atoms with van der Waals surface area (Å²) in [6, 6.07) is 11.3. The number of benzene rings is 1. The SMILES string of the molecule is Cc1cc(C)n(CCNC(=O)[C@H](C)Oc2ccccc2)n1. The molecule has 0 radical (unpaired) electrons. The molecule has 0 spiro atoms. The van der Waals surface area contributed by atoms with Gasteiger partial charge in [0.2, 0.25) is 0 Å². The highest BCUT2D eigenvalue weighted by atomic mass is 16.5. The van der Waals surface area contributed by atoms with E-state index < -0.39 is 6.10 Å². The number of hydrogen-bond donors (Lipinski definition) is 1. The highest BCUT2D eigenvalue weighted by Crippen LogP contribution is 2.10. The number of nitrogens with zero attached hydrogens (tertiary/aromatic N) is 2. The highest BCUT2D eigenvalue weighted by Gasteiger charge is 2.14. The minimum atomic E-state index is -0.521. The quantitative estimate of drug-likeness (QED) is 0.885. The van der Waals surface area contributed by atoms with E-state index in [0.717, 1.165) is 11.4 Å². The van der Waals surface area contributed by atoms with Crippen LogP contribution in [-0.2, 0) is 11.3 Å². The summed E-state index contributed by atoms with van der Waals surface area (Å²) in [7, 11) is 0. The van der Waals surface area contributed by atoms with Crippen LogP contribution in [0.5, 0.6) is 5.75 Å². The monoisotopic (exact) mass is 287 g/mol. The molecule has 21 heavy (non-hydrogen) atoms. The number of rotatable bonds is 6. The molecule has 0 bridgehead atoms. The molecular formula is C16H21N3O2. The number of carbonyl (C=O) groups excluding carboxylic acids is 1. The Morgan fingerprint density at radius 2 is 2.05 bits per heavy atom. The van der Waals surface area contributed by atoms with Gasteiger partial charge in [0.05, 0.1) is 12.2 Å². The number of ether oxygens (including phenoxy) is 1. The van der Waals surface area contributed by atoms with Crippen molar-refractivity contribution in [3.8, 4) is 5.75 Å². The lowest BCUT2D eigenvalue weighted by Crippen LogP contribution is -2.38. The van der Waals surface area contributed by atoms with Gasteiger partial charge in [-0.15, -0.1) is 0 Å². The van der Waals surface area contributed by atoms with E-state index in [0.29, 0.717) is 18.8 Å². The molecule has 0 saturated heterocycles. The molecule has 1 N–H and O–H groups in total. The zero-order valence-electron chi connectivity index (χ0n) is 12.7. The van der Waals surface area contributed by atoms with Crippen molar-refractivity contribution in [1.82, 2.24) is 15.1 Å². The Kier molecular flexibility index (Phi) is 4.98. The number of amides is 1. The Morgan fingerprint density at radius 3 is 2.67 bits per heavy atom. The Morgan fingerprint density at radius 1 is 1.33 bits per heavy atom. The first-order valence-electron chi connectivity index (χ1n) is 7.07. The predicted octanol–water partition coefficient (Wildman–Crippen LogP) is 2.08. The molecule has 0 aliphatic rings. The molecule has 0 saturated carbocycles.